The SMILES string of the molecule is CCCOC(=O)C(C(=O)OCCC)N(C)CCc1ccccc1. The van der Waals surface area contributed by atoms with E-state index in [0.717, 1.165) is 24.8 Å². The first-order valence-corrected chi connectivity index (χ1v) is 8.17. The van der Waals surface area contributed by atoms with Crippen molar-refractivity contribution in [2.24, 2.45) is 0 Å². The largest absolute Gasteiger partial charge is 0.464 e. The summed E-state index contributed by atoms with van der Waals surface area (Å²) in [6.45, 7) is 5.01. The lowest BCUT2D eigenvalue weighted by Crippen LogP contribution is -2.47. The summed E-state index contributed by atoms with van der Waals surface area (Å²) in [6, 6.07) is 8.94. The number of carbonyl (C=O) groups excluding carboxylic acids is 2. The van der Waals surface area contributed by atoms with Crippen LogP contribution in [-0.4, -0.2) is 49.7 Å². The second-order valence-corrected chi connectivity index (χ2v) is 5.45. The molecule has 0 bridgehead atoms. The van der Waals surface area contributed by atoms with Gasteiger partial charge in [-0.1, -0.05) is 44.2 Å². The fraction of sp³-hybridized carbons (Fsp3) is 0.556. The molecule has 0 amide bonds. The van der Waals surface area contributed by atoms with E-state index in [1.807, 2.05) is 44.2 Å². The highest BCUT2D eigenvalue weighted by Gasteiger charge is 2.33. The summed E-state index contributed by atoms with van der Waals surface area (Å²) in [5.41, 5.74) is 1.15. The molecule has 0 saturated carbocycles. The third-order valence-electron chi connectivity index (χ3n) is 3.38. The van der Waals surface area contributed by atoms with Gasteiger partial charge in [-0.05, 0) is 31.9 Å². The Balaban J connectivity index is 2.68. The van der Waals surface area contributed by atoms with Gasteiger partial charge in [0.2, 0.25) is 6.04 Å². The van der Waals surface area contributed by atoms with E-state index in [1.165, 1.54) is 0 Å². The first-order chi connectivity index (χ1) is 11.1. The van der Waals surface area contributed by atoms with Gasteiger partial charge in [0.25, 0.3) is 0 Å². The minimum Gasteiger partial charge on any atom is -0.464 e. The average Bonchev–Trinajstić information content (AvgIpc) is 2.57. The Morgan fingerprint density at radius 3 is 2.00 bits per heavy atom. The Kier molecular flexibility index (Phi) is 8.98. The van der Waals surface area contributed by atoms with Gasteiger partial charge < -0.3 is 9.47 Å². The zero-order valence-electron chi connectivity index (χ0n) is 14.3. The summed E-state index contributed by atoms with van der Waals surface area (Å²) in [7, 11) is 1.74. The number of likely N-dealkylation sites (N-methyl/N-ethyl adjacent to an activating group) is 1. The molecule has 0 unspecified atom stereocenters. The van der Waals surface area contributed by atoms with E-state index < -0.39 is 18.0 Å². The molecule has 1 aromatic rings. The van der Waals surface area contributed by atoms with Gasteiger partial charge in [-0.15, -0.1) is 0 Å². The number of esters is 2. The van der Waals surface area contributed by atoms with E-state index in [2.05, 4.69) is 0 Å². The maximum Gasteiger partial charge on any atom is 0.335 e. The molecule has 0 aliphatic heterocycles. The maximum absolute atomic E-state index is 12.2. The van der Waals surface area contributed by atoms with Gasteiger partial charge in [0.1, 0.15) is 0 Å². The topological polar surface area (TPSA) is 55.8 Å². The van der Waals surface area contributed by atoms with Crippen LogP contribution in [0.15, 0.2) is 30.3 Å². The zero-order valence-corrected chi connectivity index (χ0v) is 14.3. The predicted molar refractivity (Wildman–Crippen MR) is 89.1 cm³/mol. The third kappa shape index (κ3) is 6.82. The number of rotatable bonds is 10. The quantitative estimate of drug-likeness (QED) is 0.489. The highest BCUT2D eigenvalue weighted by molar-refractivity contribution is 5.99. The molecule has 5 nitrogen and oxygen atoms in total. The van der Waals surface area contributed by atoms with Crippen molar-refractivity contribution in [3.05, 3.63) is 35.9 Å². The van der Waals surface area contributed by atoms with Crippen LogP contribution in [0.1, 0.15) is 32.3 Å². The van der Waals surface area contributed by atoms with Crippen molar-refractivity contribution in [3.8, 4) is 0 Å². The molecule has 1 aromatic carbocycles. The summed E-state index contributed by atoms with van der Waals surface area (Å²) in [5.74, 6) is -1.08. The minimum absolute atomic E-state index is 0.308. The number of nitrogens with zero attached hydrogens (tertiary/aromatic N) is 1. The van der Waals surface area contributed by atoms with Crippen molar-refractivity contribution in [2.45, 2.75) is 39.2 Å². The first kappa shape index (κ1) is 19.2. The standard InChI is InChI=1S/C18H27NO4/c1-4-13-22-17(20)16(18(21)23-14-5-2)19(3)12-11-15-9-7-6-8-10-15/h6-10,16H,4-5,11-14H2,1-3H3. The zero-order chi connectivity index (χ0) is 17.1. The maximum atomic E-state index is 12.2. The average molecular weight is 321 g/mol. The fourth-order valence-corrected chi connectivity index (χ4v) is 2.10. The van der Waals surface area contributed by atoms with E-state index in [4.69, 9.17) is 9.47 Å². The molecule has 0 N–H and O–H groups in total. The van der Waals surface area contributed by atoms with Gasteiger partial charge in [-0.3, -0.25) is 4.90 Å². The van der Waals surface area contributed by atoms with Crippen LogP contribution in [0.3, 0.4) is 0 Å². The lowest BCUT2D eigenvalue weighted by molar-refractivity contribution is -0.163. The number of benzene rings is 1. The number of hydrogen-bond acceptors (Lipinski definition) is 5. The fourth-order valence-electron chi connectivity index (χ4n) is 2.10. The van der Waals surface area contributed by atoms with Gasteiger partial charge in [-0.25, -0.2) is 9.59 Å². The molecule has 0 saturated heterocycles. The van der Waals surface area contributed by atoms with Crippen LogP contribution >= 0.6 is 0 Å². The highest BCUT2D eigenvalue weighted by atomic mass is 16.6. The van der Waals surface area contributed by atoms with E-state index in [-0.39, 0.29) is 0 Å². The molecule has 0 fully saturated rings. The lowest BCUT2D eigenvalue weighted by atomic mass is 10.1. The van der Waals surface area contributed by atoms with Crippen molar-refractivity contribution in [1.82, 2.24) is 4.90 Å². The monoisotopic (exact) mass is 321 g/mol. The summed E-state index contributed by atoms with van der Waals surface area (Å²) < 4.78 is 10.3. The Morgan fingerprint density at radius 2 is 1.52 bits per heavy atom. The van der Waals surface area contributed by atoms with Crippen molar-refractivity contribution in [3.63, 3.8) is 0 Å². The van der Waals surface area contributed by atoms with E-state index in [1.54, 1.807) is 11.9 Å². The normalized spacial score (nSPS) is 10.8. The van der Waals surface area contributed by atoms with E-state index in [9.17, 15) is 9.59 Å². The molecule has 128 valence electrons. The van der Waals surface area contributed by atoms with Crippen LogP contribution in [0.4, 0.5) is 0 Å². The van der Waals surface area contributed by atoms with Crippen molar-refractivity contribution >= 4 is 11.9 Å². The molecule has 0 aromatic heterocycles. The predicted octanol–water partition coefficient (Wildman–Crippen LogP) is 2.44. The van der Waals surface area contributed by atoms with Gasteiger partial charge in [0.05, 0.1) is 13.2 Å². The highest BCUT2D eigenvalue weighted by Crippen LogP contribution is 2.07. The van der Waals surface area contributed by atoms with Crippen LogP contribution in [0.2, 0.25) is 0 Å². The van der Waals surface area contributed by atoms with Crippen LogP contribution in [0.5, 0.6) is 0 Å². The number of carbonyl (C=O) groups is 2. The summed E-state index contributed by atoms with van der Waals surface area (Å²) in [4.78, 5) is 26.1. The summed E-state index contributed by atoms with van der Waals surface area (Å²) in [5, 5.41) is 0. The molecule has 0 aliphatic carbocycles. The summed E-state index contributed by atoms with van der Waals surface area (Å²) in [6.07, 6.45) is 2.18. The van der Waals surface area contributed by atoms with Crippen LogP contribution in [0, 0.1) is 0 Å². The van der Waals surface area contributed by atoms with Crippen molar-refractivity contribution < 1.29 is 19.1 Å². The molecular formula is C18H27NO4. The molecule has 0 radical (unpaired) electrons. The number of ether oxygens (including phenoxy) is 2. The Labute approximate surface area is 138 Å². The van der Waals surface area contributed by atoms with Crippen LogP contribution in [0.25, 0.3) is 0 Å². The van der Waals surface area contributed by atoms with Crippen molar-refractivity contribution in [1.29, 1.82) is 0 Å². The molecule has 1 rings (SSSR count). The molecular weight excluding hydrogens is 294 g/mol. The van der Waals surface area contributed by atoms with Gasteiger partial charge in [0.15, 0.2) is 0 Å². The first-order valence-electron chi connectivity index (χ1n) is 8.17. The Morgan fingerprint density at radius 1 is 1.00 bits per heavy atom. The van der Waals surface area contributed by atoms with Gasteiger partial charge >= 0.3 is 11.9 Å². The molecule has 0 spiro atoms. The van der Waals surface area contributed by atoms with E-state index in [0.29, 0.717) is 19.8 Å². The second kappa shape index (κ2) is 10.8. The van der Waals surface area contributed by atoms with Crippen molar-refractivity contribution in [2.75, 3.05) is 26.8 Å². The second-order valence-electron chi connectivity index (χ2n) is 5.45. The molecule has 5 heteroatoms. The molecule has 0 aliphatic rings. The summed E-state index contributed by atoms with van der Waals surface area (Å²) >= 11 is 0. The number of hydrogen-bond donors (Lipinski definition) is 0. The van der Waals surface area contributed by atoms with Gasteiger partial charge in [-0.2, -0.15) is 0 Å². The molecule has 0 heterocycles. The molecule has 23 heavy (non-hydrogen) atoms. The Hall–Kier alpha value is -1.88. The van der Waals surface area contributed by atoms with Crippen LogP contribution < -0.4 is 0 Å². The Bertz CT molecular complexity index is 455. The van der Waals surface area contributed by atoms with Crippen LogP contribution in [-0.2, 0) is 25.5 Å². The molecule has 0 atom stereocenters. The third-order valence-corrected chi connectivity index (χ3v) is 3.38. The smallest absolute Gasteiger partial charge is 0.335 e. The van der Waals surface area contributed by atoms with E-state index >= 15 is 0 Å². The van der Waals surface area contributed by atoms with Gasteiger partial charge in [0, 0.05) is 6.54 Å². The lowest BCUT2D eigenvalue weighted by Gasteiger charge is -2.24. The minimum atomic E-state index is -1.00.